The van der Waals surface area contributed by atoms with E-state index >= 15 is 0 Å². The molecule has 0 aliphatic rings. The van der Waals surface area contributed by atoms with E-state index in [4.69, 9.17) is 11.6 Å². The van der Waals surface area contributed by atoms with Gasteiger partial charge in [0.1, 0.15) is 0 Å². The van der Waals surface area contributed by atoms with E-state index < -0.39 is 0 Å². The number of carbonyl (C=O) groups is 1. The van der Waals surface area contributed by atoms with Crippen molar-refractivity contribution in [2.45, 2.75) is 13.8 Å². The number of H-pyrrole nitrogens is 1. The predicted molar refractivity (Wildman–Crippen MR) is 66.0 cm³/mol. The smallest absolute Gasteiger partial charge is 0.162 e. The Kier molecular flexibility index (Phi) is 2.84. The monoisotopic (exact) mass is 233 g/mol. The molecule has 1 heterocycles. The molecule has 2 rings (SSSR count). The summed E-state index contributed by atoms with van der Waals surface area (Å²) in [6, 6.07) is 7.47. The SMILES string of the molecule is CC(=O)c1c(-c2ccc(Cl)cc2)c[nH]c1C. The average molecular weight is 234 g/mol. The van der Waals surface area contributed by atoms with Gasteiger partial charge in [-0.25, -0.2) is 0 Å². The molecule has 1 aromatic heterocycles. The van der Waals surface area contributed by atoms with E-state index in [1.807, 2.05) is 37.4 Å². The lowest BCUT2D eigenvalue weighted by atomic mass is 10.0. The summed E-state index contributed by atoms with van der Waals surface area (Å²) in [7, 11) is 0. The second-order valence-electron chi connectivity index (χ2n) is 3.77. The fraction of sp³-hybridized carbons (Fsp3) is 0.154. The average Bonchev–Trinajstić information content (AvgIpc) is 2.61. The second kappa shape index (κ2) is 4.14. The van der Waals surface area contributed by atoms with Crippen LogP contribution in [0.25, 0.3) is 11.1 Å². The van der Waals surface area contributed by atoms with Crippen molar-refractivity contribution in [1.82, 2.24) is 4.98 Å². The molecular formula is C13H12ClNO. The van der Waals surface area contributed by atoms with Crippen molar-refractivity contribution >= 4 is 17.4 Å². The topological polar surface area (TPSA) is 32.9 Å². The molecule has 0 amide bonds. The summed E-state index contributed by atoms with van der Waals surface area (Å²) >= 11 is 5.83. The highest BCUT2D eigenvalue weighted by atomic mass is 35.5. The molecule has 0 saturated heterocycles. The Morgan fingerprint density at radius 3 is 2.44 bits per heavy atom. The fourth-order valence-corrected chi connectivity index (χ4v) is 1.96. The van der Waals surface area contributed by atoms with Crippen LogP contribution < -0.4 is 0 Å². The van der Waals surface area contributed by atoms with Crippen molar-refractivity contribution < 1.29 is 4.79 Å². The summed E-state index contributed by atoms with van der Waals surface area (Å²) in [6.07, 6.45) is 1.86. The molecule has 0 saturated carbocycles. The van der Waals surface area contributed by atoms with Crippen LogP contribution in [0.15, 0.2) is 30.5 Å². The Morgan fingerprint density at radius 1 is 1.25 bits per heavy atom. The molecule has 0 radical (unpaired) electrons. The van der Waals surface area contributed by atoms with Crippen LogP contribution in [0.2, 0.25) is 5.02 Å². The van der Waals surface area contributed by atoms with Crippen LogP contribution in [-0.2, 0) is 0 Å². The van der Waals surface area contributed by atoms with Crippen LogP contribution >= 0.6 is 11.6 Å². The van der Waals surface area contributed by atoms with Crippen LogP contribution in [0, 0.1) is 6.92 Å². The molecule has 82 valence electrons. The molecule has 2 aromatic rings. The molecule has 0 spiro atoms. The van der Waals surface area contributed by atoms with Crippen molar-refractivity contribution in [3.63, 3.8) is 0 Å². The number of Topliss-reactive ketones (excluding diaryl/α,β-unsaturated/α-hetero) is 1. The number of aromatic nitrogens is 1. The number of hydrogen-bond donors (Lipinski definition) is 1. The van der Waals surface area contributed by atoms with Gasteiger partial charge in [-0.1, -0.05) is 23.7 Å². The third kappa shape index (κ3) is 1.89. The molecule has 2 nitrogen and oxygen atoms in total. The van der Waals surface area contributed by atoms with Crippen LogP contribution in [0.3, 0.4) is 0 Å². The molecule has 1 aromatic carbocycles. The van der Waals surface area contributed by atoms with Gasteiger partial charge in [0, 0.05) is 28.0 Å². The lowest BCUT2D eigenvalue weighted by Gasteiger charge is -2.02. The second-order valence-corrected chi connectivity index (χ2v) is 4.20. The lowest BCUT2D eigenvalue weighted by molar-refractivity contribution is 0.101. The third-order valence-electron chi connectivity index (χ3n) is 2.58. The maximum Gasteiger partial charge on any atom is 0.162 e. The number of rotatable bonds is 2. The summed E-state index contributed by atoms with van der Waals surface area (Å²) in [4.78, 5) is 14.6. The zero-order chi connectivity index (χ0) is 11.7. The predicted octanol–water partition coefficient (Wildman–Crippen LogP) is 3.85. The quantitative estimate of drug-likeness (QED) is 0.786. The minimum Gasteiger partial charge on any atom is -0.364 e. The summed E-state index contributed by atoms with van der Waals surface area (Å²) in [5, 5.41) is 0.695. The van der Waals surface area contributed by atoms with Gasteiger partial charge in [-0.15, -0.1) is 0 Å². The highest BCUT2D eigenvalue weighted by Gasteiger charge is 2.13. The Balaban J connectivity index is 2.56. The highest BCUT2D eigenvalue weighted by molar-refractivity contribution is 6.30. The van der Waals surface area contributed by atoms with E-state index in [1.165, 1.54) is 0 Å². The summed E-state index contributed by atoms with van der Waals surface area (Å²) < 4.78 is 0. The van der Waals surface area contributed by atoms with E-state index in [9.17, 15) is 4.79 Å². The van der Waals surface area contributed by atoms with Crippen molar-refractivity contribution in [1.29, 1.82) is 0 Å². The van der Waals surface area contributed by atoms with Gasteiger partial charge < -0.3 is 4.98 Å². The number of aromatic amines is 1. The molecule has 0 atom stereocenters. The van der Waals surface area contributed by atoms with Crippen molar-refractivity contribution in [3.8, 4) is 11.1 Å². The van der Waals surface area contributed by atoms with Crippen LogP contribution in [-0.4, -0.2) is 10.8 Å². The standard InChI is InChI=1S/C13H12ClNO/c1-8-13(9(2)16)12(7-15-8)10-3-5-11(14)6-4-10/h3-7,15H,1-2H3. The first-order chi connectivity index (χ1) is 7.59. The van der Waals surface area contributed by atoms with Gasteiger partial charge in [0.2, 0.25) is 0 Å². The van der Waals surface area contributed by atoms with Crippen molar-refractivity contribution in [2.24, 2.45) is 0 Å². The first kappa shape index (κ1) is 11.0. The van der Waals surface area contributed by atoms with Gasteiger partial charge >= 0.3 is 0 Å². The molecule has 0 aliphatic heterocycles. The first-order valence-corrected chi connectivity index (χ1v) is 5.42. The number of carbonyl (C=O) groups excluding carboxylic acids is 1. The molecular weight excluding hydrogens is 222 g/mol. The number of halogens is 1. The van der Waals surface area contributed by atoms with Gasteiger partial charge in [0.05, 0.1) is 0 Å². The zero-order valence-corrected chi connectivity index (χ0v) is 9.93. The first-order valence-electron chi connectivity index (χ1n) is 5.04. The van der Waals surface area contributed by atoms with E-state index in [0.717, 1.165) is 22.4 Å². The molecule has 0 fully saturated rings. The molecule has 3 heteroatoms. The number of aryl methyl sites for hydroxylation is 1. The van der Waals surface area contributed by atoms with Gasteiger partial charge in [-0.2, -0.15) is 0 Å². The molecule has 0 aliphatic carbocycles. The normalized spacial score (nSPS) is 10.4. The minimum atomic E-state index is 0.0729. The summed E-state index contributed by atoms with van der Waals surface area (Å²) in [5.41, 5.74) is 3.58. The highest BCUT2D eigenvalue weighted by Crippen LogP contribution is 2.27. The summed E-state index contributed by atoms with van der Waals surface area (Å²) in [5.74, 6) is 0.0729. The Labute approximate surface area is 99.3 Å². The van der Waals surface area contributed by atoms with E-state index in [2.05, 4.69) is 4.98 Å². The van der Waals surface area contributed by atoms with E-state index in [-0.39, 0.29) is 5.78 Å². The Bertz CT molecular complexity index is 525. The lowest BCUT2D eigenvalue weighted by Crippen LogP contribution is -1.95. The fourth-order valence-electron chi connectivity index (χ4n) is 1.84. The van der Waals surface area contributed by atoms with Crippen LogP contribution in [0.5, 0.6) is 0 Å². The van der Waals surface area contributed by atoms with Crippen LogP contribution in [0.1, 0.15) is 23.0 Å². The maximum absolute atomic E-state index is 11.5. The van der Waals surface area contributed by atoms with Gasteiger partial charge in [-0.3, -0.25) is 4.79 Å². The summed E-state index contributed by atoms with van der Waals surface area (Å²) in [6.45, 7) is 3.48. The minimum absolute atomic E-state index is 0.0729. The van der Waals surface area contributed by atoms with Gasteiger partial charge in [0.15, 0.2) is 5.78 Å². The zero-order valence-electron chi connectivity index (χ0n) is 9.17. The van der Waals surface area contributed by atoms with Crippen molar-refractivity contribution in [3.05, 3.63) is 46.7 Å². The maximum atomic E-state index is 11.5. The number of hydrogen-bond acceptors (Lipinski definition) is 1. The molecule has 1 N–H and O–H groups in total. The third-order valence-corrected chi connectivity index (χ3v) is 2.84. The molecule has 0 bridgehead atoms. The van der Waals surface area contributed by atoms with E-state index in [0.29, 0.717) is 5.02 Å². The Hall–Kier alpha value is -1.54. The molecule has 16 heavy (non-hydrogen) atoms. The number of benzene rings is 1. The largest absolute Gasteiger partial charge is 0.364 e. The van der Waals surface area contributed by atoms with Gasteiger partial charge in [-0.05, 0) is 31.5 Å². The molecule has 0 unspecified atom stereocenters. The van der Waals surface area contributed by atoms with E-state index in [1.54, 1.807) is 6.92 Å². The van der Waals surface area contributed by atoms with Crippen molar-refractivity contribution in [2.75, 3.05) is 0 Å². The number of nitrogens with one attached hydrogen (secondary N) is 1. The Morgan fingerprint density at radius 2 is 1.88 bits per heavy atom. The van der Waals surface area contributed by atoms with Gasteiger partial charge in [0.25, 0.3) is 0 Å². The van der Waals surface area contributed by atoms with Crippen LogP contribution in [0.4, 0.5) is 0 Å². The number of ketones is 1.